The molecule has 4 heteroatoms. The predicted octanol–water partition coefficient (Wildman–Crippen LogP) is 1.54. The van der Waals surface area contributed by atoms with Gasteiger partial charge in [-0.2, -0.15) is 0 Å². The van der Waals surface area contributed by atoms with Gasteiger partial charge in [0.15, 0.2) is 0 Å². The van der Waals surface area contributed by atoms with E-state index in [-0.39, 0.29) is 6.42 Å². The van der Waals surface area contributed by atoms with Gasteiger partial charge in [-0.05, 0) is 27.7 Å². The van der Waals surface area contributed by atoms with E-state index >= 15 is 0 Å². The number of amides is 1. The van der Waals surface area contributed by atoms with Crippen molar-refractivity contribution in [3.8, 4) is 12.3 Å². The minimum absolute atomic E-state index is 0.154. The summed E-state index contributed by atoms with van der Waals surface area (Å²) in [4.78, 5) is 12.3. The molecule has 0 unspecified atom stereocenters. The van der Waals surface area contributed by atoms with Crippen LogP contribution < -0.4 is 0 Å². The van der Waals surface area contributed by atoms with Crippen LogP contribution in [0.25, 0.3) is 0 Å². The van der Waals surface area contributed by atoms with E-state index in [1.54, 1.807) is 27.7 Å². The number of aliphatic hydroxyl groups excluding tert-OH is 1. The number of terminal acetylenes is 1. The molecule has 2 N–H and O–H groups in total. The van der Waals surface area contributed by atoms with Gasteiger partial charge in [0.05, 0.1) is 12.1 Å². The molecule has 0 aromatic heterocycles. The monoisotopic (exact) mass is 213 g/mol. The van der Waals surface area contributed by atoms with E-state index in [1.165, 1.54) is 4.90 Å². The minimum atomic E-state index is -1.05. The third-order valence-electron chi connectivity index (χ3n) is 2.22. The van der Waals surface area contributed by atoms with Crippen molar-refractivity contribution < 1.29 is 15.0 Å². The van der Waals surface area contributed by atoms with Crippen LogP contribution in [0, 0.1) is 12.3 Å². The highest BCUT2D eigenvalue weighted by atomic mass is 16.4. The number of hydrogen-bond donors (Lipinski definition) is 2. The molecule has 86 valence electrons. The Morgan fingerprint density at radius 3 is 2.27 bits per heavy atom. The molecule has 0 radical (unpaired) electrons. The molecule has 0 aliphatic carbocycles. The van der Waals surface area contributed by atoms with Crippen molar-refractivity contribution in [3.63, 3.8) is 0 Å². The summed E-state index contributed by atoms with van der Waals surface area (Å²) in [6, 6.07) is -0.515. The lowest BCUT2D eigenvalue weighted by Crippen LogP contribution is -2.54. The van der Waals surface area contributed by atoms with Crippen LogP contribution in [0.4, 0.5) is 4.79 Å². The third-order valence-corrected chi connectivity index (χ3v) is 2.22. The zero-order valence-electron chi connectivity index (χ0n) is 9.69. The minimum Gasteiger partial charge on any atom is -0.465 e. The fourth-order valence-electron chi connectivity index (χ4n) is 1.54. The molecule has 0 spiro atoms. The summed E-state index contributed by atoms with van der Waals surface area (Å²) in [7, 11) is 0. The van der Waals surface area contributed by atoms with E-state index in [0.29, 0.717) is 0 Å². The number of carboxylic acid groups (broad SMARTS) is 1. The Kier molecular flexibility index (Phi) is 4.63. The van der Waals surface area contributed by atoms with Crippen molar-refractivity contribution in [2.75, 3.05) is 0 Å². The highest BCUT2D eigenvalue weighted by Crippen LogP contribution is 2.20. The lowest BCUT2D eigenvalue weighted by molar-refractivity contribution is 0.0170. The molecule has 0 bridgehead atoms. The average molecular weight is 213 g/mol. The lowest BCUT2D eigenvalue weighted by atomic mass is 10.0. The van der Waals surface area contributed by atoms with Gasteiger partial charge in [0, 0.05) is 12.0 Å². The Hall–Kier alpha value is -1.21. The molecule has 0 aliphatic heterocycles. The van der Waals surface area contributed by atoms with Crippen molar-refractivity contribution >= 4 is 6.09 Å². The quantitative estimate of drug-likeness (QED) is 0.699. The van der Waals surface area contributed by atoms with E-state index in [1.807, 2.05) is 0 Å². The molecule has 0 heterocycles. The van der Waals surface area contributed by atoms with E-state index in [9.17, 15) is 9.90 Å². The Bertz CT molecular complexity index is 262. The normalized spacial score (nSPS) is 15.2. The number of hydrogen-bond acceptors (Lipinski definition) is 2. The summed E-state index contributed by atoms with van der Waals surface area (Å²) in [5.41, 5.74) is -0.555. The van der Waals surface area contributed by atoms with Crippen LogP contribution in [0.5, 0.6) is 0 Å². The first-order chi connectivity index (χ1) is 6.71. The standard InChI is InChI=1S/C11H19NO3/c1-6-7-9(13)8(2)12(10(14)15)11(3,4)5/h1,8-9,13H,7H2,2-5H3,(H,14,15)/t8-,9-/m0/s1. The number of rotatable bonds is 3. The molecule has 0 rings (SSSR count). The number of nitrogens with zero attached hydrogens (tertiary/aromatic N) is 1. The number of carbonyl (C=O) groups is 1. The summed E-state index contributed by atoms with van der Waals surface area (Å²) in [5.74, 6) is 2.32. The maximum atomic E-state index is 11.1. The summed E-state index contributed by atoms with van der Waals surface area (Å²) < 4.78 is 0. The van der Waals surface area contributed by atoms with Gasteiger partial charge in [-0.3, -0.25) is 4.90 Å². The zero-order valence-corrected chi connectivity index (χ0v) is 9.69. The second-order valence-electron chi connectivity index (χ2n) is 4.54. The van der Waals surface area contributed by atoms with Gasteiger partial charge >= 0.3 is 6.09 Å². The summed E-state index contributed by atoms with van der Waals surface area (Å²) in [6.45, 7) is 6.99. The molecule has 15 heavy (non-hydrogen) atoms. The van der Waals surface area contributed by atoms with Gasteiger partial charge in [0.25, 0.3) is 0 Å². The maximum Gasteiger partial charge on any atom is 0.408 e. The highest BCUT2D eigenvalue weighted by Gasteiger charge is 2.33. The van der Waals surface area contributed by atoms with Crippen molar-refractivity contribution in [2.45, 2.75) is 51.8 Å². The second kappa shape index (κ2) is 5.04. The Labute approximate surface area is 90.9 Å². The molecule has 0 fully saturated rings. The first kappa shape index (κ1) is 13.8. The molecule has 0 aromatic carbocycles. The van der Waals surface area contributed by atoms with Crippen LogP contribution >= 0.6 is 0 Å². The fraction of sp³-hybridized carbons (Fsp3) is 0.727. The molecular weight excluding hydrogens is 194 g/mol. The van der Waals surface area contributed by atoms with Crippen LogP contribution in [0.1, 0.15) is 34.1 Å². The van der Waals surface area contributed by atoms with E-state index in [0.717, 1.165) is 0 Å². The third kappa shape index (κ3) is 3.80. The van der Waals surface area contributed by atoms with Crippen LogP contribution in [-0.2, 0) is 0 Å². The lowest BCUT2D eigenvalue weighted by Gasteiger charge is -2.39. The van der Waals surface area contributed by atoms with Crippen molar-refractivity contribution in [1.29, 1.82) is 0 Å². The van der Waals surface area contributed by atoms with Crippen LogP contribution in [0.3, 0.4) is 0 Å². The van der Waals surface area contributed by atoms with Gasteiger partial charge in [0.1, 0.15) is 0 Å². The van der Waals surface area contributed by atoms with Crippen molar-refractivity contribution in [1.82, 2.24) is 4.90 Å². The first-order valence-corrected chi connectivity index (χ1v) is 4.85. The molecular formula is C11H19NO3. The Balaban J connectivity index is 4.80. The summed E-state index contributed by atoms with van der Waals surface area (Å²) in [5, 5.41) is 18.7. The van der Waals surface area contributed by atoms with Gasteiger partial charge in [0.2, 0.25) is 0 Å². The van der Waals surface area contributed by atoms with E-state index < -0.39 is 23.8 Å². The highest BCUT2D eigenvalue weighted by molar-refractivity contribution is 5.66. The van der Waals surface area contributed by atoms with Crippen molar-refractivity contribution in [3.05, 3.63) is 0 Å². The molecule has 0 saturated heterocycles. The smallest absolute Gasteiger partial charge is 0.408 e. The van der Waals surface area contributed by atoms with Crippen LogP contribution in [0.15, 0.2) is 0 Å². The largest absolute Gasteiger partial charge is 0.465 e. The second-order valence-corrected chi connectivity index (χ2v) is 4.54. The topological polar surface area (TPSA) is 60.8 Å². The number of aliphatic hydroxyl groups is 1. The fourth-order valence-corrected chi connectivity index (χ4v) is 1.54. The Morgan fingerprint density at radius 2 is 2.00 bits per heavy atom. The predicted molar refractivity (Wildman–Crippen MR) is 58.5 cm³/mol. The van der Waals surface area contributed by atoms with Crippen LogP contribution in [0.2, 0.25) is 0 Å². The van der Waals surface area contributed by atoms with Gasteiger partial charge in [-0.25, -0.2) is 4.79 Å². The van der Waals surface area contributed by atoms with Gasteiger partial charge < -0.3 is 10.2 Å². The molecule has 2 atom stereocenters. The van der Waals surface area contributed by atoms with Gasteiger partial charge in [-0.1, -0.05) is 0 Å². The zero-order chi connectivity index (χ0) is 12.2. The first-order valence-electron chi connectivity index (χ1n) is 4.85. The van der Waals surface area contributed by atoms with E-state index in [2.05, 4.69) is 5.92 Å². The molecule has 0 saturated carbocycles. The SMILES string of the molecule is C#CC[C@H](O)[C@H](C)N(C(=O)O)C(C)(C)C. The summed E-state index contributed by atoms with van der Waals surface area (Å²) in [6.07, 6.45) is 3.35. The molecule has 4 nitrogen and oxygen atoms in total. The molecule has 0 aromatic rings. The molecule has 1 amide bonds. The average Bonchev–Trinajstić information content (AvgIpc) is 2.00. The van der Waals surface area contributed by atoms with Crippen molar-refractivity contribution in [2.24, 2.45) is 0 Å². The maximum absolute atomic E-state index is 11.1. The van der Waals surface area contributed by atoms with E-state index in [4.69, 9.17) is 11.5 Å². The Morgan fingerprint density at radius 1 is 1.53 bits per heavy atom. The molecule has 0 aliphatic rings. The summed E-state index contributed by atoms with van der Waals surface area (Å²) >= 11 is 0. The van der Waals surface area contributed by atoms with Gasteiger partial charge in [-0.15, -0.1) is 12.3 Å². The van der Waals surface area contributed by atoms with Crippen LogP contribution in [-0.4, -0.2) is 38.9 Å².